The summed E-state index contributed by atoms with van der Waals surface area (Å²) in [5, 5.41) is 13.5. The lowest BCUT2D eigenvalue weighted by molar-refractivity contribution is -0.577. The standard InChI is InChI=1S/2C12H13NO/c1-8(2)9-3-5-11-10(7-9)4-6-12(14)13-11;1-9(2)10-5-6-12-11(8-10)4-3-7-13(12)14/h3-8H,1-2H3,(H,13,14);3-9H,1-2H3. The Hall–Kier alpha value is -3.14. The number of hydrogen-bond donors (Lipinski definition) is 1. The predicted octanol–water partition coefficient (Wildman–Crippen LogP) is 5.25. The first-order chi connectivity index (χ1) is 13.3. The van der Waals surface area contributed by atoms with Crippen LogP contribution in [0.4, 0.5) is 0 Å². The van der Waals surface area contributed by atoms with Crippen LogP contribution in [0.25, 0.3) is 21.8 Å². The summed E-state index contributed by atoms with van der Waals surface area (Å²) in [6.45, 7) is 8.62. The van der Waals surface area contributed by atoms with Crippen LogP contribution >= 0.6 is 0 Å². The Morgan fingerprint density at radius 3 is 2.14 bits per heavy atom. The Balaban J connectivity index is 0.000000161. The van der Waals surface area contributed by atoms with Crippen LogP contribution in [-0.4, -0.2) is 4.98 Å². The monoisotopic (exact) mass is 374 g/mol. The van der Waals surface area contributed by atoms with Crippen molar-refractivity contribution >= 4 is 21.8 Å². The molecule has 2 aromatic heterocycles. The van der Waals surface area contributed by atoms with Gasteiger partial charge in [-0.05, 0) is 58.7 Å². The van der Waals surface area contributed by atoms with Gasteiger partial charge in [0.15, 0.2) is 6.20 Å². The quantitative estimate of drug-likeness (QED) is 0.385. The molecule has 0 aliphatic heterocycles. The molecule has 0 saturated carbocycles. The van der Waals surface area contributed by atoms with Crippen molar-refractivity contribution in [3.63, 3.8) is 0 Å². The number of pyridine rings is 2. The second kappa shape index (κ2) is 8.26. The summed E-state index contributed by atoms with van der Waals surface area (Å²) in [5.41, 5.74) is 4.15. The van der Waals surface area contributed by atoms with E-state index in [0.29, 0.717) is 11.8 Å². The number of aromatic amines is 1. The summed E-state index contributed by atoms with van der Waals surface area (Å²) in [4.78, 5) is 13.8. The molecular weight excluding hydrogens is 348 g/mol. The summed E-state index contributed by atoms with van der Waals surface area (Å²) >= 11 is 0. The molecule has 0 bridgehead atoms. The third-order valence-electron chi connectivity index (χ3n) is 4.87. The zero-order valence-corrected chi connectivity index (χ0v) is 16.8. The molecular formula is C24H26N2O2. The number of benzene rings is 2. The Bertz CT molecular complexity index is 1160. The fourth-order valence-corrected chi connectivity index (χ4v) is 3.10. The number of fused-ring (bicyclic) bond motifs is 2. The SMILES string of the molecule is CC(C)c1ccc2[nH]c(=O)ccc2c1.CC(C)c1ccc2c(ccc[n+]2[O-])c1. The number of rotatable bonds is 2. The predicted molar refractivity (Wildman–Crippen MR) is 116 cm³/mol. The number of H-pyrrole nitrogens is 1. The van der Waals surface area contributed by atoms with Crippen molar-refractivity contribution in [1.29, 1.82) is 0 Å². The summed E-state index contributed by atoms with van der Waals surface area (Å²) in [7, 11) is 0. The van der Waals surface area contributed by atoms with Gasteiger partial charge in [0, 0.05) is 29.1 Å². The van der Waals surface area contributed by atoms with E-state index in [1.54, 1.807) is 12.1 Å². The van der Waals surface area contributed by atoms with E-state index in [1.807, 2.05) is 30.3 Å². The summed E-state index contributed by atoms with van der Waals surface area (Å²) in [6, 6.07) is 19.3. The number of aromatic nitrogens is 2. The van der Waals surface area contributed by atoms with Crippen LogP contribution in [0.15, 0.2) is 71.7 Å². The molecule has 2 aromatic carbocycles. The van der Waals surface area contributed by atoms with E-state index in [1.165, 1.54) is 17.3 Å². The zero-order chi connectivity index (χ0) is 20.3. The lowest BCUT2D eigenvalue weighted by atomic mass is 10.0. The molecule has 0 saturated heterocycles. The summed E-state index contributed by atoms with van der Waals surface area (Å²) < 4.78 is 0.902. The Morgan fingerprint density at radius 2 is 1.46 bits per heavy atom. The van der Waals surface area contributed by atoms with E-state index in [2.05, 4.69) is 50.9 Å². The maximum Gasteiger partial charge on any atom is 0.248 e. The van der Waals surface area contributed by atoms with Crippen molar-refractivity contribution in [2.24, 2.45) is 0 Å². The van der Waals surface area contributed by atoms with Gasteiger partial charge in [-0.2, -0.15) is 4.73 Å². The average molecular weight is 374 g/mol. The molecule has 4 aromatic rings. The Labute approximate surface area is 165 Å². The molecule has 144 valence electrons. The van der Waals surface area contributed by atoms with Crippen LogP contribution in [-0.2, 0) is 0 Å². The van der Waals surface area contributed by atoms with Crippen molar-refractivity contribution in [2.75, 3.05) is 0 Å². The van der Waals surface area contributed by atoms with Crippen LogP contribution in [0.3, 0.4) is 0 Å². The minimum atomic E-state index is -0.0465. The van der Waals surface area contributed by atoms with Gasteiger partial charge in [0.1, 0.15) is 0 Å². The van der Waals surface area contributed by atoms with Crippen LogP contribution in [0.2, 0.25) is 0 Å². The number of nitrogens with zero attached hydrogens (tertiary/aromatic N) is 1. The van der Waals surface area contributed by atoms with Crippen LogP contribution in [0, 0.1) is 5.21 Å². The Morgan fingerprint density at radius 1 is 0.821 bits per heavy atom. The van der Waals surface area contributed by atoms with Gasteiger partial charge in [-0.25, -0.2) is 0 Å². The molecule has 28 heavy (non-hydrogen) atoms. The maximum absolute atomic E-state index is 11.4. The van der Waals surface area contributed by atoms with E-state index < -0.39 is 0 Å². The highest BCUT2D eigenvalue weighted by Gasteiger charge is 2.05. The molecule has 0 radical (unpaired) electrons. The molecule has 0 unspecified atom stereocenters. The van der Waals surface area contributed by atoms with Crippen molar-refractivity contribution in [2.45, 2.75) is 39.5 Å². The van der Waals surface area contributed by atoms with Crippen molar-refractivity contribution in [1.82, 2.24) is 4.98 Å². The smallest absolute Gasteiger partial charge is 0.248 e. The highest BCUT2D eigenvalue weighted by Crippen LogP contribution is 2.19. The van der Waals surface area contributed by atoms with E-state index >= 15 is 0 Å². The van der Waals surface area contributed by atoms with E-state index in [-0.39, 0.29) is 5.56 Å². The van der Waals surface area contributed by atoms with Crippen LogP contribution in [0.1, 0.15) is 50.7 Å². The second-order valence-corrected chi connectivity index (χ2v) is 7.63. The molecule has 4 heteroatoms. The molecule has 4 nitrogen and oxygen atoms in total. The first kappa shape index (κ1) is 19.6. The van der Waals surface area contributed by atoms with Gasteiger partial charge in [0.25, 0.3) is 0 Å². The van der Waals surface area contributed by atoms with Crippen molar-refractivity contribution in [3.05, 3.63) is 93.5 Å². The topological polar surface area (TPSA) is 59.8 Å². The average Bonchev–Trinajstić information content (AvgIpc) is 2.68. The molecule has 0 aliphatic rings. The van der Waals surface area contributed by atoms with Gasteiger partial charge in [-0.1, -0.05) is 39.8 Å². The molecule has 0 atom stereocenters. The van der Waals surface area contributed by atoms with Crippen molar-refractivity contribution in [3.8, 4) is 0 Å². The number of nitrogens with one attached hydrogen (secondary N) is 1. The van der Waals surface area contributed by atoms with Crippen LogP contribution < -0.4 is 10.3 Å². The third-order valence-corrected chi connectivity index (χ3v) is 4.87. The van der Waals surface area contributed by atoms with Gasteiger partial charge >= 0.3 is 0 Å². The van der Waals surface area contributed by atoms with E-state index in [9.17, 15) is 10.0 Å². The molecule has 0 spiro atoms. The third kappa shape index (κ3) is 4.39. The van der Waals surface area contributed by atoms with Gasteiger partial charge < -0.3 is 10.2 Å². The minimum absolute atomic E-state index is 0.0465. The highest BCUT2D eigenvalue weighted by molar-refractivity contribution is 5.79. The lowest BCUT2D eigenvalue weighted by Crippen LogP contribution is -2.25. The highest BCUT2D eigenvalue weighted by atomic mass is 16.5. The normalized spacial score (nSPS) is 11.1. The molecule has 0 fully saturated rings. The van der Waals surface area contributed by atoms with Gasteiger partial charge in [0.2, 0.25) is 11.1 Å². The van der Waals surface area contributed by atoms with Crippen molar-refractivity contribution < 1.29 is 4.73 Å². The fourth-order valence-electron chi connectivity index (χ4n) is 3.10. The van der Waals surface area contributed by atoms with Gasteiger partial charge in [0.05, 0.1) is 0 Å². The molecule has 1 N–H and O–H groups in total. The molecule has 0 aliphatic carbocycles. The summed E-state index contributed by atoms with van der Waals surface area (Å²) in [6.07, 6.45) is 1.53. The van der Waals surface area contributed by atoms with Gasteiger partial charge in [-0.15, -0.1) is 0 Å². The fraction of sp³-hybridized carbons (Fsp3) is 0.250. The Kier molecular flexibility index (Phi) is 5.78. The molecule has 4 rings (SSSR count). The largest absolute Gasteiger partial charge is 0.618 e. The lowest BCUT2D eigenvalue weighted by Gasteiger charge is -2.06. The van der Waals surface area contributed by atoms with E-state index in [0.717, 1.165) is 26.5 Å². The van der Waals surface area contributed by atoms with E-state index in [4.69, 9.17) is 0 Å². The minimum Gasteiger partial charge on any atom is -0.618 e. The first-order valence-corrected chi connectivity index (χ1v) is 9.60. The number of hydrogen-bond acceptors (Lipinski definition) is 2. The van der Waals surface area contributed by atoms with Crippen LogP contribution in [0.5, 0.6) is 0 Å². The molecule has 0 amide bonds. The second-order valence-electron chi connectivity index (χ2n) is 7.63. The first-order valence-electron chi connectivity index (χ1n) is 9.60. The van der Waals surface area contributed by atoms with Gasteiger partial charge in [-0.3, -0.25) is 4.79 Å². The summed E-state index contributed by atoms with van der Waals surface area (Å²) in [5.74, 6) is 1.02. The zero-order valence-electron chi connectivity index (χ0n) is 16.8. The molecule has 2 heterocycles. The maximum atomic E-state index is 11.4.